The number of nitrogens with zero attached hydrogens (tertiary/aromatic N) is 5. The first-order valence-electron chi connectivity index (χ1n) is 11.3. The summed E-state index contributed by atoms with van der Waals surface area (Å²) >= 11 is 6.85. The van der Waals surface area contributed by atoms with Crippen molar-refractivity contribution >= 4 is 22.5 Å². The highest BCUT2D eigenvalue weighted by Gasteiger charge is 2.40. The van der Waals surface area contributed by atoms with Gasteiger partial charge < -0.3 is 23.7 Å². The summed E-state index contributed by atoms with van der Waals surface area (Å²) in [5.41, 5.74) is 0.978. The fourth-order valence-electron chi connectivity index (χ4n) is 4.26. The van der Waals surface area contributed by atoms with Gasteiger partial charge in [-0.1, -0.05) is 17.7 Å². The van der Waals surface area contributed by atoms with Gasteiger partial charge in [-0.2, -0.15) is 0 Å². The number of aromatic nitrogens is 5. The number of halogens is 1. The van der Waals surface area contributed by atoms with Crippen LogP contribution in [0.5, 0.6) is 11.6 Å². The largest absolute Gasteiger partial charge is 0.486 e. The first-order chi connectivity index (χ1) is 16.3. The number of hydrogen-bond acceptors (Lipinski definition) is 6. The van der Waals surface area contributed by atoms with E-state index in [1.165, 1.54) is 0 Å². The summed E-state index contributed by atoms with van der Waals surface area (Å²) in [4.78, 5) is 13.5. The van der Waals surface area contributed by atoms with Crippen molar-refractivity contribution in [1.29, 1.82) is 0 Å². The van der Waals surface area contributed by atoms with E-state index in [0.717, 1.165) is 24.5 Å². The Morgan fingerprint density at radius 1 is 1.09 bits per heavy atom. The van der Waals surface area contributed by atoms with Crippen LogP contribution in [-0.2, 0) is 19.7 Å². The Hall–Kier alpha value is -3.10. The maximum Gasteiger partial charge on any atom is 0.258 e. The number of benzene rings is 1. The second-order valence-corrected chi connectivity index (χ2v) is 9.34. The standard InChI is InChI=1S/C25H28ClN5O3/c1-14-27-11-20(30(14)3)25(32,21-12-28-15(2)31(21)4)17-8-9-19-18(10-17)22(26)23(24(29-19)33-5)34-13-16-6-7-16/h8-12,16,32H,6-7,13H2,1-5H3. The number of methoxy groups -OCH3 is 1. The number of imidazole rings is 2. The van der Waals surface area contributed by atoms with E-state index in [0.29, 0.717) is 57.0 Å². The zero-order chi connectivity index (χ0) is 24.2. The average Bonchev–Trinajstić information content (AvgIpc) is 3.52. The topological polar surface area (TPSA) is 87.2 Å². The van der Waals surface area contributed by atoms with Crippen molar-refractivity contribution in [1.82, 2.24) is 24.1 Å². The molecule has 1 saturated carbocycles. The minimum Gasteiger partial charge on any atom is -0.486 e. The molecule has 5 rings (SSSR count). The number of ether oxygens (including phenoxy) is 2. The molecule has 0 bridgehead atoms. The van der Waals surface area contributed by atoms with Gasteiger partial charge in [-0.3, -0.25) is 0 Å². The van der Waals surface area contributed by atoms with Crippen LogP contribution in [0.2, 0.25) is 5.02 Å². The zero-order valence-corrected chi connectivity index (χ0v) is 20.7. The number of aryl methyl sites for hydroxylation is 2. The maximum atomic E-state index is 12.4. The Morgan fingerprint density at radius 3 is 2.21 bits per heavy atom. The van der Waals surface area contributed by atoms with Gasteiger partial charge in [0, 0.05) is 19.5 Å². The molecule has 1 N–H and O–H groups in total. The molecule has 0 aliphatic heterocycles. The molecule has 0 radical (unpaired) electrons. The lowest BCUT2D eigenvalue weighted by atomic mass is 9.86. The van der Waals surface area contributed by atoms with E-state index in [4.69, 9.17) is 21.1 Å². The molecule has 0 saturated heterocycles. The smallest absolute Gasteiger partial charge is 0.258 e. The van der Waals surface area contributed by atoms with Crippen LogP contribution in [0.15, 0.2) is 30.6 Å². The van der Waals surface area contributed by atoms with Crippen molar-refractivity contribution in [3.8, 4) is 11.6 Å². The number of pyridine rings is 1. The Kier molecular flexibility index (Phi) is 5.53. The Morgan fingerprint density at radius 2 is 1.71 bits per heavy atom. The van der Waals surface area contributed by atoms with Crippen LogP contribution in [0.3, 0.4) is 0 Å². The van der Waals surface area contributed by atoms with Gasteiger partial charge in [0.1, 0.15) is 11.6 Å². The van der Waals surface area contributed by atoms with Gasteiger partial charge in [0.15, 0.2) is 5.60 Å². The number of hydrogen-bond donors (Lipinski definition) is 1. The highest BCUT2D eigenvalue weighted by atomic mass is 35.5. The van der Waals surface area contributed by atoms with E-state index in [1.54, 1.807) is 19.5 Å². The number of rotatable bonds is 7. The molecule has 1 fully saturated rings. The van der Waals surface area contributed by atoms with Gasteiger partial charge in [0.05, 0.1) is 48.0 Å². The third-order valence-corrected chi connectivity index (χ3v) is 7.18. The Balaban J connectivity index is 1.73. The van der Waals surface area contributed by atoms with Crippen molar-refractivity contribution in [3.63, 3.8) is 0 Å². The molecule has 1 aliphatic carbocycles. The fraction of sp³-hybridized carbons (Fsp3) is 0.400. The van der Waals surface area contributed by atoms with E-state index in [2.05, 4.69) is 15.0 Å². The third kappa shape index (κ3) is 3.52. The van der Waals surface area contributed by atoms with Gasteiger partial charge in [0.2, 0.25) is 5.75 Å². The van der Waals surface area contributed by atoms with Gasteiger partial charge in [0.25, 0.3) is 5.88 Å². The van der Waals surface area contributed by atoms with E-state index in [9.17, 15) is 5.11 Å². The third-order valence-electron chi connectivity index (χ3n) is 6.80. The Bertz CT molecular complexity index is 1340. The van der Waals surface area contributed by atoms with Gasteiger partial charge in [-0.05, 0) is 50.3 Å². The minimum absolute atomic E-state index is 0.352. The van der Waals surface area contributed by atoms with Crippen LogP contribution in [0.1, 0.15) is 41.4 Å². The quantitative estimate of drug-likeness (QED) is 0.428. The summed E-state index contributed by atoms with van der Waals surface area (Å²) in [6, 6.07) is 5.54. The van der Waals surface area contributed by atoms with Gasteiger partial charge in [-0.25, -0.2) is 15.0 Å². The van der Waals surface area contributed by atoms with E-state index < -0.39 is 5.60 Å². The molecule has 1 aliphatic rings. The molecule has 9 heteroatoms. The lowest BCUT2D eigenvalue weighted by Gasteiger charge is -2.30. The lowest BCUT2D eigenvalue weighted by Crippen LogP contribution is -2.33. The van der Waals surface area contributed by atoms with E-state index >= 15 is 0 Å². The highest BCUT2D eigenvalue weighted by molar-refractivity contribution is 6.37. The van der Waals surface area contributed by atoms with Crippen LogP contribution >= 0.6 is 11.6 Å². The summed E-state index contributed by atoms with van der Waals surface area (Å²) in [5.74, 6) is 2.90. The normalized spacial score (nSPS) is 14.1. The molecule has 0 unspecified atom stereocenters. The maximum absolute atomic E-state index is 12.4. The second-order valence-electron chi connectivity index (χ2n) is 8.96. The second kappa shape index (κ2) is 8.29. The van der Waals surface area contributed by atoms with Crippen molar-refractivity contribution in [2.24, 2.45) is 20.0 Å². The monoisotopic (exact) mass is 481 g/mol. The lowest BCUT2D eigenvalue weighted by molar-refractivity contribution is 0.109. The minimum atomic E-state index is -1.53. The molecular weight excluding hydrogens is 454 g/mol. The number of aliphatic hydroxyl groups is 1. The molecular formula is C25H28ClN5O3. The zero-order valence-electron chi connectivity index (χ0n) is 20.0. The van der Waals surface area contributed by atoms with Crippen molar-refractivity contribution in [2.45, 2.75) is 32.3 Å². The molecule has 0 atom stereocenters. The molecule has 3 aromatic heterocycles. The predicted molar refractivity (Wildman–Crippen MR) is 130 cm³/mol. The van der Waals surface area contributed by atoms with Crippen LogP contribution in [0, 0.1) is 19.8 Å². The molecule has 178 valence electrons. The van der Waals surface area contributed by atoms with Crippen LogP contribution in [0.25, 0.3) is 10.9 Å². The Labute approximate surface area is 203 Å². The molecule has 3 heterocycles. The summed E-state index contributed by atoms with van der Waals surface area (Å²) in [5, 5.41) is 13.5. The summed E-state index contributed by atoms with van der Waals surface area (Å²) in [6.45, 7) is 4.38. The molecule has 8 nitrogen and oxygen atoms in total. The summed E-state index contributed by atoms with van der Waals surface area (Å²) in [6.07, 6.45) is 5.71. The molecule has 0 spiro atoms. The van der Waals surface area contributed by atoms with E-state index in [1.807, 2.05) is 55.3 Å². The number of fused-ring (bicyclic) bond motifs is 1. The molecule has 0 amide bonds. The first kappa shape index (κ1) is 22.7. The average molecular weight is 482 g/mol. The van der Waals surface area contributed by atoms with Crippen LogP contribution in [0.4, 0.5) is 0 Å². The SMILES string of the molecule is COc1nc2ccc(C(O)(c3cnc(C)n3C)c3cnc(C)n3C)cc2c(Cl)c1OCC1CC1. The first-order valence-corrected chi connectivity index (χ1v) is 11.6. The van der Waals surface area contributed by atoms with Gasteiger partial charge >= 0.3 is 0 Å². The van der Waals surface area contributed by atoms with Crippen molar-refractivity contribution < 1.29 is 14.6 Å². The molecule has 1 aromatic carbocycles. The highest BCUT2D eigenvalue weighted by Crippen LogP contribution is 2.43. The van der Waals surface area contributed by atoms with E-state index in [-0.39, 0.29) is 0 Å². The van der Waals surface area contributed by atoms with Crippen molar-refractivity contribution in [2.75, 3.05) is 13.7 Å². The fourth-order valence-corrected chi connectivity index (χ4v) is 4.55. The van der Waals surface area contributed by atoms with Gasteiger partial charge in [-0.15, -0.1) is 0 Å². The summed E-state index contributed by atoms with van der Waals surface area (Å²) in [7, 11) is 5.32. The predicted octanol–water partition coefficient (Wildman–Crippen LogP) is 4.05. The van der Waals surface area contributed by atoms with Crippen LogP contribution < -0.4 is 9.47 Å². The summed E-state index contributed by atoms with van der Waals surface area (Å²) < 4.78 is 15.2. The van der Waals surface area contributed by atoms with Crippen molar-refractivity contribution in [3.05, 3.63) is 64.2 Å². The molecule has 4 aromatic rings. The van der Waals surface area contributed by atoms with Crippen LogP contribution in [-0.4, -0.2) is 42.9 Å². The molecule has 34 heavy (non-hydrogen) atoms.